The second-order valence-electron chi connectivity index (χ2n) is 15.6. The Morgan fingerprint density at radius 3 is 1.66 bits per heavy atom. The first-order valence-electron chi connectivity index (χ1n) is 20.3. The minimum absolute atomic E-state index is 0.493. The van der Waals surface area contributed by atoms with Crippen molar-refractivity contribution in [2.75, 3.05) is 4.90 Å². The van der Waals surface area contributed by atoms with Crippen molar-refractivity contribution in [2.45, 2.75) is 5.41 Å². The number of hydrogen-bond acceptors (Lipinski definition) is 2. The van der Waals surface area contributed by atoms with Crippen molar-refractivity contribution in [3.63, 3.8) is 0 Å². The van der Waals surface area contributed by atoms with E-state index in [4.69, 9.17) is 0 Å². The molecule has 1 aliphatic carbocycles. The third kappa shape index (κ3) is 5.03. The molecule has 11 aromatic rings. The van der Waals surface area contributed by atoms with Gasteiger partial charge in [0.1, 0.15) is 0 Å². The van der Waals surface area contributed by atoms with Crippen molar-refractivity contribution in [1.82, 2.24) is 0 Å². The Kier molecular flexibility index (Phi) is 7.69. The summed E-state index contributed by atoms with van der Waals surface area (Å²) in [6.45, 7) is 0. The van der Waals surface area contributed by atoms with Crippen molar-refractivity contribution in [3.8, 4) is 22.3 Å². The smallest absolute Gasteiger partial charge is 0.0714 e. The third-order valence-electron chi connectivity index (χ3n) is 12.5. The van der Waals surface area contributed by atoms with E-state index in [1.807, 2.05) is 11.3 Å². The van der Waals surface area contributed by atoms with E-state index in [0.717, 1.165) is 17.1 Å². The molecule has 1 aliphatic rings. The molecule has 1 nitrogen and oxygen atoms in total. The van der Waals surface area contributed by atoms with Crippen LogP contribution in [0.1, 0.15) is 22.3 Å². The van der Waals surface area contributed by atoms with Crippen LogP contribution in [0.3, 0.4) is 0 Å². The van der Waals surface area contributed by atoms with Gasteiger partial charge in [0.2, 0.25) is 0 Å². The topological polar surface area (TPSA) is 3.24 Å². The molecule has 0 bridgehead atoms. The zero-order chi connectivity index (χ0) is 38.9. The average Bonchev–Trinajstić information content (AvgIpc) is 3.85. The number of fused-ring (bicyclic) bond motifs is 9. The minimum Gasteiger partial charge on any atom is -0.309 e. The molecule has 1 aromatic heterocycles. The van der Waals surface area contributed by atoms with Crippen molar-refractivity contribution >= 4 is 70.1 Å². The highest BCUT2D eigenvalue weighted by atomic mass is 32.1. The summed E-state index contributed by atoms with van der Waals surface area (Å²) in [6.07, 6.45) is 0. The fraction of sp³-hybridized carbons (Fsp3) is 0.0175. The molecule has 276 valence electrons. The molecule has 0 amide bonds. The zero-order valence-electron chi connectivity index (χ0n) is 32.2. The molecule has 0 fully saturated rings. The lowest BCUT2D eigenvalue weighted by atomic mass is 9.68. The van der Waals surface area contributed by atoms with E-state index < -0.39 is 5.41 Å². The predicted octanol–water partition coefficient (Wildman–Crippen LogP) is 15.9. The quantitative estimate of drug-likeness (QED) is 0.163. The molecule has 1 heterocycles. The van der Waals surface area contributed by atoms with Crippen LogP contribution in [0.4, 0.5) is 17.1 Å². The van der Waals surface area contributed by atoms with E-state index in [-0.39, 0.29) is 0 Å². The molecule has 0 unspecified atom stereocenters. The summed E-state index contributed by atoms with van der Waals surface area (Å²) in [5.74, 6) is 0. The molecule has 10 aromatic carbocycles. The summed E-state index contributed by atoms with van der Waals surface area (Å²) in [6, 6.07) is 83.0. The van der Waals surface area contributed by atoms with Gasteiger partial charge in [-0.25, -0.2) is 0 Å². The fourth-order valence-electron chi connectivity index (χ4n) is 10.0. The predicted molar refractivity (Wildman–Crippen MR) is 252 cm³/mol. The van der Waals surface area contributed by atoms with Crippen LogP contribution in [0.2, 0.25) is 0 Å². The van der Waals surface area contributed by atoms with Crippen molar-refractivity contribution in [3.05, 3.63) is 247 Å². The van der Waals surface area contributed by atoms with Gasteiger partial charge in [-0.2, -0.15) is 0 Å². The molecule has 0 atom stereocenters. The molecule has 2 heteroatoms. The van der Waals surface area contributed by atoms with Crippen molar-refractivity contribution in [2.24, 2.45) is 0 Å². The van der Waals surface area contributed by atoms with E-state index >= 15 is 0 Å². The summed E-state index contributed by atoms with van der Waals surface area (Å²) >= 11 is 1.91. The highest BCUT2D eigenvalue weighted by Crippen LogP contribution is 2.59. The number of thiophene rings is 1. The van der Waals surface area contributed by atoms with Gasteiger partial charge in [-0.1, -0.05) is 200 Å². The summed E-state index contributed by atoms with van der Waals surface area (Å²) in [4.78, 5) is 2.50. The summed E-state index contributed by atoms with van der Waals surface area (Å²) < 4.78 is 2.68. The first-order valence-corrected chi connectivity index (χ1v) is 21.2. The van der Waals surface area contributed by atoms with Crippen molar-refractivity contribution < 1.29 is 0 Å². The lowest BCUT2D eigenvalue weighted by Crippen LogP contribution is -2.28. The van der Waals surface area contributed by atoms with Crippen LogP contribution < -0.4 is 4.90 Å². The van der Waals surface area contributed by atoms with Crippen LogP contribution in [0.5, 0.6) is 0 Å². The fourth-order valence-corrected chi connectivity index (χ4v) is 11.4. The van der Waals surface area contributed by atoms with Gasteiger partial charge in [-0.15, -0.1) is 11.3 Å². The van der Waals surface area contributed by atoms with Gasteiger partial charge in [0, 0.05) is 36.8 Å². The molecular weight excluding hydrogens is 731 g/mol. The van der Waals surface area contributed by atoms with Crippen LogP contribution >= 0.6 is 11.3 Å². The van der Waals surface area contributed by atoms with E-state index in [1.165, 1.54) is 86.2 Å². The molecule has 0 spiro atoms. The maximum atomic E-state index is 2.50. The maximum Gasteiger partial charge on any atom is 0.0714 e. The highest BCUT2D eigenvalue weighted by molar-refractivity contribution is 7.27. The largest absolute Gasteiger partial charge is 0.309 e. The van der Waals surface area contributed by atoms with Crippen LogP contribution in [-0.2, 0) is 5.41 Å². The average molecular weight is 768 g/mol. The van der Waals surface area contributed by atoms with Gasteiger partial charge in [-0.3, -0.25) is 0 Å². The lowest BCUT2D eigenvalue weighted by Gasteiger charge is -2.34. The number of benzene rings is 10. The standard InChI is InChI=1S/C57H37NS/c1-3-19-41(20-4-1)57(42-21-5-2-6-22-42)50-28-12-11-25-49(50)54-51(57)29-15-31-53(54)58(52-30-13-18-38-16-7-9-23-44(38)52)43-35-32-40(33-36-43)46-26-14-27-47-48-37-34-39-17-8-10-24-45(39)56(48)59-55(46)47/h1-37H. The molecule has 59 heavy (non-hydrogen) atoms. The number of nitrogens with zero attached hydrogens (tertiary/aromatic N) is 1. The van der Waals surface area contributed by atoms with Crippen LogP contribution in [-0.4, -0.2) is 0 Å². The van der Waals surface area contributed by atoms with Gasteiger partial charge >= 0.3 is 0 Å². The summed E-state index contributed by atoms with van der Waals surface area (Å²) in [5, 5.41) is 7.66. The van der Waals surface area contributed by atoms with E-state index in [1.54, 1.807) is 0 Å². The summed E-state index contributed by atoms with van der Waals surface area (Å²) in [7, 11) is 0. The van der Waals surface area contributed by atoms with Crippen LogP contribution in [0.25, 0.3) is 64.0 Å². The first kappa shape index (κ1) is 33.8. The second-order valence-corrected chi connectivity index (χ2v) is 16.6. The highest BCUT2D eigenvalue weighted by Gasteiger charge is 2.47. The van der Waals surface area contributed by atoms with Crippen LogP contribution in [0.15, 0.2) is 224 Å². The first-order chi connectivity index (χ1) is 29.3. The Bertz CT molecular complexity index is 3340. The molecular formula is C57H37NS. The van der Waals surface area contributed by atoms with Gasteiger partial charge < -0.3 is 4.90 Å². The maximum absolute atomic E-state index is 2.50. The van der Waals surface area contributed by atoms with E-state index in [0.29, 0.717) is 0 Å². The van der Waals surface area contributed by atoms with Gasteiger partial charge in [0.05, 0.1) is 16.8 Å². The van der Waals surface area contributed by atoms with E-state index in [9.17, 15) is 0 Å². The Hall–Kier alpha value is -7.26. The Labute approximate surface area is 347 Å². The third-order valence-corrected chi connectivity index (χ3v) is 13.8. The molecule has 12 rings (SSSR count). The number of anilines is 3. The lowest BCUT2D eigenvalue weighted by molar-refractivity contribution is 0.768. The Morgan fingerprint density at radius 1 is 0.339 bits per heavy atom. The van der Waals surface area contributed by atoms with Gasteiger partial charge in [0.15, 0.2) is 0 Å². The second kappa shape index (κ2) is 13.4. The van der Waals surface area contributed by atoms with Gasteiger partial charge in [0.25, 0.3) is 0 Å². The van der Waals surface area contributed by atoms with Crippen LogP contribution in [0, 0.1) is 0 Å². The van der Waals surface area contributed by atoms with Gasteiger partial charge in [-0.05, 0) is 79.4 Å². The molecule has 0 N–H and O–H groups in total. The molecule has 0 radical (unpaired) electrons. The summed E-state index contributed by atoms with van der Waals surface area (Å²) in [5.41, 5.74) is 13.0. The molecule has 0 aliphatic heterocycles. The Balaban J connectivity index is 1.09. The number of hydrogen-bond donors (Lipinski definition) is 0. The minimum atomic E-state index is -0.493. The van der Waals surface area contributed by atoms with E-state index in [2.05, 4.69) is 229 Å². The Morgan fingerprint density at radius 2 is 0.881 bits per heavy atom. The SMILES string of the molecule is c1ccc(C2(c3ccccc3)c3ccccc3-c3c(N(c4ccc(-c5cccc6c5sc5c7ccccc7ccc65)cc4)c4cccc5ccccc45)cccc32)cc1. The zero-order valence-corrected chi connectivity index (χ0v) is 33.0. The number of rotatable bonds is 6. The normalized spacial score (nSPS) is 12.9. The van der Waals surface area contributed by atoms with Crippen molar-refractivity contribution in [1.29, 1.82) is 0 Å². The molecule has 0 saturated heterocycles. The molecule has 0 saturated carbocycles. The monoisotopic (exact) mass is 767 g/mol.